The van der Waals surface area contributed by atoms with Crippen molar-refractivity contribution in [2.75, 3.05) is 11.9 Å². The van der Waals surface area contributed by atoms with Gasteiger partial charge in [-0.2, -0.15) is 5.26 Å². The van der Waals surface area contributed by atoms with E-state index in [1.54, 1.807) is 42.3 Å². The number of benzene rings is 1. The number of hydrogen-bond donors (Lipinski definition) is 0. The molecule has 0 saturated heterocycles. The van der Waals surface area contributed by atoms with Gasteiger partial charge in [0.05, 0.1) is 24.8 Å². The van der Waals surface area contributed by atoms with Gasteiger partial charge in [-0.15, -0.1) is 11.3 Å². The number of halogens is 2. The molecular formula is C13H8Br2N2OS. The smallest absolute Gasteiger partial charge is 0.260 e. The molecular weight excluding hydrogens is 392 g/mol. The lowest BCUT2D eigenvalue weighted by molar-refractivity contribution is 0.0993. The summed E-state index contributed by atoms with van der Waals surface area (Å²) in [5.74, 6) is -0.0986. The molecule has 19 heavy (non-hydrogen) atoms. The molecule has 96 valence electrons. The first-order valence-electron chi connectivity index (χ1n) is 5.26. The van der Waals surface area contributed by atoms with E-state index in [9.17, 15) is 4.79 Å². The number of nitriles is 1. The number of amides is 1. The minimum absolute atomic E-state index is 0.0986. The Bertz CT molecular complexity index is 658. The fourth-order valence-corrected chi connectivity index (χ4v) is 4.32. The molecule has 0 saturated carbocycles. The van der Waals surface area contributed by atoms with E-state index in [1.165, 1.54) is 11.3 Å². The lowest BCUT2D eigenvalue weighted by atomic mass is 10.2. The Kier molecular flexibility index (Phi) is 4.40. The van der Waals surface area contributed by atoms with Gasteiger partial charge in [-0.1, -0.05) is 0 Å². The molecule has 0 aliphatic rings. The van der Waals surface area contributed by atoms with Crippen molar-refractivity contribution < 1.29 is 4.79 Å². The van der Waals surface area contributed by atoms with Gasteiger partial charge in [0, 0.05) is 12.7 Å². The molecule has 0 fully saturated rings. The molecule has 2 rings (SSSR count). The van der Waals surface area contributed by atoms with Crippen LogP contribution in [0, 0.1) is 11.3 Å². The second-order valence-electron chi connectivity index (χ2n) is 3.76. The van der Waals surface area contributed by atoms with E-state index in [1.807, 2.05) is 0 Å². The van der Waals surface area contributed by atoms with Crippen molar-refractivity contribution in [1.82, 2.24) is 0 Å². The van der Waals surface area contributed by atoms with Crippen LogP contribution in [0.15, 0.2) is 37.9 Å². The molecule has 0 aliphatic carbocycles. The van der Waals surface area contributed by atoms with Crippen LogP contribution in [0.2, 0.25) is 0 Å². The molecule has 6 heteroatoms. The zero-order valence-corrected chi connectivity index (χ0v) is 13.8. The van der Waals surface area contributed by atoms with E-state index in [4.69, 9.17) is 5.26 Å². The number of rotatable bonds is 2. The molecule has 0 bridgehead atoms. The van der Waals surface area contributed by atoms with Crippen molar-refractivity contribution in [3.05, 3.63) is 49.0 Å². The van der Waals surface area contributed by atoms with Crippen LogP contribution in [-0.2, 0) is 0 Å². The second-order valence-corrected chi connectivity index (χ2v) is 7.51. The maximum atomic E-state index is 12.4. The molecule has 1 aromatic carbocycles. The van der Waals surface area contributed by atoms with Gasteiger partial charge in [0.1, 0.15) is 0 Å². The van der Waals surface area contributed by atoms with Crippen LogP contribution < -0.4 is 4.90 Å². The zero-order valence-electron chi connectivity index (χ0n) is 9.85. The molecule has 0 N–H and O–H groups in total. The summed E-state index contributed by atoms with van der Waals surface area (Å²) in [6.07, 6.45) is 0. The van der Waals surface area contributed by atoms with Crippen LogP contribution in [0.5, 0.6) is 0 Å². The van der Waals surface area contributed by atoms with E-state index in [2.05, 4.69) is 37.9 Å². The third-order valence-corrected chi connectivity index (χ3v) is 4.91. The van der Waals surface area contributed by atoms with Crippen molar-refractivity contribution in [3.8, 4) is 6.07 Å². The zero-order chi connectivity index (χ0) is 14.0. The van der Waals surface area contributed by atoms with E-state index in [0.717, 1.165) is 13.3 Å². The summed E-state index contributed by atoms with van der Waals surface area (Å²) in [5, 5.41) is 8.75. The quantitative estimate of drug-likeness (QED) is 0.750. The van der Waals surface area contributed by atoms with Gasteiger partial charge in [0.15, 0.2) is 0 Å². The number of hydrogen-bond acceptors (Lipinski definition) is 3. The fraction of sp³-hybridized carbons (Fsp3) is 0.0769. The number of nitrogens with zero attached hydrogens (tertiary/aromatic N) is 2. The van der Waals surface area contributed by atoms with Crippen LogP contribution in [0.4, 0.5) is 5.69 Å². The first kappa shape index (κ1) is 14.3. The fourth-order valence-electron chi connectivity index (χ4n) is 1.54. The Morgan fingerprint density at radius 3 is 2.42 bits per heavy atom. The summed E-state index contributed by atoms with van der Waals surface area (Å²) in [7, 11) is 1.71. The highest BCUT2D eigenvalue weighted by Crippen LogP contribution is 2.33. The van der Waals surface area contributed by atoms with E-state index < -0.39 is 0 Å². The minimum Gasteiger partial charge on any atom is -0.311 e. The summed E-state index contributed by atoms with van der Waals surface area (Å²) in [5.41, 5.74) is 1.94. The second kappa shape index (κ2) is 5.87. The lowest BCUT2D eigenvalue weighted by Gasteiger charge is -2.16. The molecule has 0 spiro atoms. The van der Waals surface area contributed by atoms with Gasteiger partial charge in [-0.3, -0.25) is 4.79 Å². The molecule has 1 amide bonds. The standard InChI is InChI=1S/C13H8Br2N2OS/c1-17(9-4-2-8(7-16)3-5-9)13(18)10-6-11(14)19-12(10)15/h2-6H,1H3. The van der Waals surface area contributed by atoms with Gasteiger partial charge in [0.25, 0.3) is 5.91 Å². The number of thiophene rings is 1. The average Bonchev–Trinajstić information content (AvgIpc) is 2.76. The Hall–Kier alpha value is -1.16. The summed E-state index contributed by atoms with van der Waals surface area (Å²) < 4.78 is 1.70. The van der Waals surface area contributed by atoms with Crippen molar-refractivity contribution in [3.63, 3.8) is 0 Å². The third-order valence-electron chi connectivity index (χ3n) is 2.58. The molecule has 0 aliphatic heterocycles. The molecule has 0 radical (unpaired) electrons. The largest absolute Gasteiger partial charge is 0.311 e. The average molecular weight is 400 g/mol. The molecule has 1 heterocycles. The maximum Gasteiger partial charge on any atom is 0.260 e. The maximum absolute atomic E-state index is 12.4. The molecule has 0 unspecified atom stereocenters. The number of carbonyl (C=O) groups excluding carboxylic acids is 1. The Morgan fingerprint density at radius 1 is 1.32 bits per heavy atom. The Labute approximate surface area is 131 Å². The van der Waals surface area contributed by atoms with Gasteiger partial charge in [-0.25, -0.2) is 0 Å². The lowest BCUT2D eigenvalue weighted by Crippen LogP contribution is -2.25. The highest BCUT2D eigenvalue weighted by Gasteiger charge is 2.18. The number of anilines is 1. The summed E-state index contributed by atoms with van der Waals surface area (Å²) in [6.45, 7) is 0. The normalized spacial score (nSPS) is 10.0. The van der Waals surface area contributed by atoms with Crippen molar-refractivity contribution in [2.45, 2.75) is 0 Å². The van der Waals surface area contributed by atoms with Gasteiger partial charge < -0.3 is 4.90 Å². The third kappa shape index (κ3) is 3.06. The predicted octanol–water partition coefficient (Wildman–Crippen LogP) is 4.42. The van der Waals surface area contributed by atoms with Gasteiger partial charge in [-0.05, 0) is 62.2 Å². The van der Waals surface area contributed by atoms with E-state index in [0.29, 0.717) is 11.1 Å². The SMILES string of the molecule is CN(C(=O)c1cc(Br)sc1Br)c1ccc(C#N)cc1. The molecule has 0 atom stereocenters. The Morgan fingerprint density at radius 2 is 1.95 bits per heavy atom. The van der Waals surface area contributed by atoms with Crippen LogP contribution in [0.25, 0.3) is 0 Å². The van der Waals surface area contributed by atoms with Crippen LogP contribution in [-0.4, -0.2) is 13.0 Å². The van der Waals surface area contributed by atoms with E-state index in [-0.39, 0.29) is 5.91 Å². The van der Waals surface area contributed by atoms with Crippen molar-refractivity contribution in [1.29, 1.82) is 5.26 Å². The highest BCUT2D eigenvalue weighted by atomic mass is 79.9. The van der Waals surface area contributed by atoms with Crippen LogP contribution in [0.3, 0.4) is 0 Å². The topological polar surface area (TPSA) is 44.1 Å². The molecule has 2 aromatic rings. The van der Waals surface area contributed by atoms with E-state index >= 15 is 0 Å². The van der Waals surface area contributed by atoms with Crippen molar-refractivity contribution in [2.24, 2.45) is 0 Å². The molecule has 1 aromatic heterocycles. The minimum atomic E-state index is -0.0986. The number of carbonyl (C=O) groups is 1. The van der Waals surface area contributed by atoms with Crippen molar-refractivity contribution >= 4 is 54.8 Å². The predicted molar refractivity (Wildman–Crippen MR) is 83.6 cm³/mol. The molecule has 3 nitrogen and oxygen atoms in total. The Balaban J connectivity index is 2.28. The highest BCUT2D eigenvalue weighted by molar-refractivity contribution is 9.12. The first-order chi connectivity index (χ1) is 9.02. The summed E-state index contributed by atoms with van der Waals surface area (Å²) in [4.78, 5) is 13.9. The first-order valence-corrected chi connectivity index (χ1v) is 7.66. The summed E-state index contributed by atoms with van der Waals surface area (Å²) in [6, 6.07) is 10.7. The summed E-state index contributed by atoms with van der Waals surface area (Å²) >= 11 is 8.20. The van der Waals surface area contributed by atoms with Gasteiger partial charge in [0.2, 0.25) is 0 Å². The van der Waals surface area contributed by atoms with Gasteiger partial charge >= 0.3 is 0 Å². The monoisotopic (exact) mass is 398 g/mol. The van der Waals surface area contributed by atoms with Crippen LogP contribution in [0.1, 0.15) is 15.9 Å². The van der Waals surface area contributed by atoms with Crippen LogP contribution >= 0.6 is 43.2 Å².